The summed E-state index contributed by atoms with van der Waals surface area (Å²) in [5, 5.41) is 3.92. The molecular weight excluding hydrogens is 282 g/mol. The minimum atomic E-state index is 0.00829. The molecular formula is C16H21N3OS. The van der Waals surface area contributed by atoms with Crippen molar-refractivity contribution in [1.82, 2.24) is 10.3 Å². The highest BCUT2D eigenvalue weighted by Crippen LogP contribution is 2.42. The van der Waals surface area contributed by atoms with Crippen LogP contribution in [0, 0.1) is 5.92 Å². The Bertz CT molecular complexity index is 644. The molecule has 1 aliphatic carbocycles. The number of pyridine rings is 1. The smallest absolute Gasteiger partial charge is 0.261 e. The number of carbonyl (C=O) groups is 1. The van der Waals surface area contributed by atoms with Gasteiger partial charge in [-0.2, -0.15) is 0 Å². The van der Waals surface area contributed by atoms with E-state index < -0.39 is 0 Å². The SMILES string of the molecule is CNC(=O)c1sc2ncccc2c1C1CCC(CN)CC1. The lowest BCUT2D eigenvalue weighted by Gasteiger charge is -2.28. The van der Waals surface area contributed by atoms with Crippen LogP contribution in [0.1, 0.15) is 46.8 Å². The number of nitrogens with one attached hydrogen (secondary N) is 1. The lowest BCUT2D eigenvalue weighted by Crippen LogP contribution is -2.23. The zero-order valence-electron chi connectivity index (χ0n) is 12.3. The van der Waals surface area contributed by atoms with E-state index in [4.69, 9.17) is 5.73 Å². The molecule has 0 atom stereocenters. The van der Waals surface area contributed by atoms with E-state index in [2.05, 4.69) is 16.4 Å². The number of hydrogen-bond donors (Lipinski definition) is 2. The summed E-state index contributed by atoms with van der Waals surface area (Å²) in [7, 11) is 1.69. The number of fused-ring (bicyclic) bond motifs is 1. The van der Waals surface area contributed by atoms with Gasteiger partial charge in [0.2, 0.25) is 0 Å². The number of aromatic nitrogens is 1. The molecule has 2 heterocycles. The van der Waals surface area contributed by atoms with Gasteiger partial charge in [0.05, 0.1) is 4.88 Å². The number of nitrogens with zero attached hydrogens (tertiary/aromatic N) is 1. The third kappa shape index (κ3) is 2.68. The lowest BCUT2D eigenvalue weighted by molar-refractivity contribution is 0.0965. The maximum Gasteiger partial charge on any atom is 0.261 e. The van der Waals surface area contributed by atoms with Crippen molar-refractivity contribution in [3.05, 3.63) is 28.8 Å². The molecule has 0 aromatic carbocycles. The molecule has 0 spiro atoms. The maximum atomic E-state index is 12.2. The lowest BCUT2D eigenvalue weighted by atomic mass is 9.78. The van der Waals surface area contributed by atoms with Crippen LogP contribution in [0.4, 0.5) is 0 Å². The maximum absolute atomic E-state index is 12.2. The van der Waals surface area contributed by atoms with E-state index in [0.29, 0.717) is 11.8 Å². The van der Waals surface area contributed by atoms with E-state index in [-0.39, 0.29) is 5.91 Å². The van der Waals surface area contributed by atoms with Crippen molar-refractivity contribution >= 4 is 27.5 Å². The standard InChI is InChI=1S/C16H21N3OS/c1-18-15(20)14-13(11-6-4-10(9-17)5-7-11)12-3-2-8-19-16(12)21-14/h2-3,8,10-11H,4-7,9,17H2,1H3,(H,18,20). The zero-order chi connectivity index (χ0) is 14.8. The third-order valence-corrected chi connectivity index (χ3v) is 5.65. The van der Waals surface area contributed by atoms with Crippen molar-refractivity contribution in [1.29, 1.82) is 0 Å². The summed E-state index contributed by atoms with van der Waals surface area (Å²) in [6.07, 6.45) is 6.35. The number of amides is 1. The van der Waals surface area contributed by atoms with E-state index in [1.807, 2.05) is 6.07 Å². The number of hydrogen-bond acceptors (Lipinski definition) is 4. The fraction of sp³-hybridized carbons (Fsp3) is 0.500. The molecule has 5 heteroatoms. The molecule has 1 saturated carbocycles. The molecule has 0 unspecified atom stereocenters. The number of rotatable bonds is 3. The van der Waals surface area contributed by atoms with Crippen LogP contribution in [0.2, 0.25) is 0 Å². The van der Waals surface area contributed by atoms with Crippen LogP contribution in [0.3, 0.4) is 0 Å². The van der Waals surface area contributed by atoms with E-state index in [1.165, 1.54) is 16.9 Å². The molecule has 0 saturated heterocycles. The molecule has 2 aromatic heterocycles. The molecule has 4 nitrogen and oxygen atoms in total. The normalized spacial score (nSPS) is 22.4. The topological polar surface area (TPSA) is 68.0 Å². The minimum Gasteiger partial charge on any atom is -0.354 e. The summed E-state index contributed by atoms with van der Waals surface area (Å²) in [6.45, 7) is 0.779. The highest BCUT2D eigenvalue weighted by atomic mass is 32.1. The van der Waals surface area contributed by atoms with Crippen LogP contribution in [0.15, 0.2) is 18.3 Å². The Labute approximate surface area is 128 Å². The Balaban J connectivity index is 2.01. The summed E-state index contributed by atoms with van der Waals surface area (Å²) in [6, 6.07) is 4.05. The van der Waals surface area contributed by atoms with Gasteiger partial charge in [0.1, 0.15) is 4.83 Å². The molecule has 3 N–H and O–H groups in total. The van der Waals surface area contributed by atoms with Crippen LogP contribution in [-0.2, 0) is 0 Å². The van der Waals surface area contributed by atoms with Crippen molar-refractivity contribution < 1.29 is 4.79 Å². The molecule has 1 aliphatic rings. The number of carbonyl (C=O) groups excluding carboxylic acids is 1. The first-order valence-electron chi connectivity index (χ1n) is 7.54. The van der Waals surface area contributed by atoms with E-state index in [9.17, 15) is 4.79 Å². The molecule has 112 valence electrons. The first-order valence-corrected chi connectivity index (χ1v) is 8.35. The van der Waals surface area contributed by atoms with Gasteiger partial charge >= 0.3 is 0 Å². The first-order chi connectivity index (χ1) is 10.2. The molecule has 0 aliphatic heterocycles. The monoisotopic (exact) mass is 303 g/mol. The van der Waals surface area contributed by atoms with E-state index in [1.54, 1.807) is 13.2 Å². The largest absolute Gasteiger partial charge is 0.354 e. The summed E-state index contributed by atoms with van der Waals surface area (Å²) in [4.78, 5) is 18.4. The molecule has 1 fully saturated rings. The van der Waals surface area contributed by atoms with Crippen LogP contribution in [-0.4, -0.2) is 24.5 Å². The molecule has 2 aromatic rings. The van der Waals surface area contributed by atoms with Crippen molar-refractivity contribution in [3.63, 3.8) is 0 Å². The van der Waals surface area contributed by atoms with Gasteiger partial charge in [-0.25, -0.2) is 4.98 Å². The second-order valence-electron chi connectivity index (χ2n) is 5.73. The predicted molar refractivity (Wildman–Crippen MR) is 86.8 cm³/mol. The Morgan fingerprint density at radius 2 is 2.19 bits per heavy atom. The highest BCUT2D eigenvalue weighted by Gasteiger charge is 2.28. The molecule has 0 bridgehead atoms. The summed E-state index contributed by atoms with van der Waals surface area (Å²) in [5.74, 6) is 1.11. The van der Waals surface area contributed by atoms with Gasteiger partial charge in [0.15, 0.2) is 0 Å². The van der Waals surface area contributed by atoms with Crippen LogP contribution < -0.4 is 11.1 Å². The van der Waals surface area contributed by atoms with Crippen LogP contribution in [0.25, 0.3) is 10.2 Å². The predicted octanol–water partition coefficient (Wildman–Crippen LogP) is 2.89. The quantitative estimate of drug-likeness (QED) is 0.916. The van der Waals surface area contributed by atoms with Gasteiger partial charge in [0.25, 0.3) is 5.91 Å². The Hall–Kier alpha value is -1.46. The first kappa shape index (κ1) is 14.5. The van der Waals surface area contributed by atoms with E-state index in [0.717, 1.165) is 47.3 Å². The summed E-state index contributed by atoms with van der Waals surface area (Å²) < 4.78 is 0. The fourth-order valence-electron chi connectivity index (χ4n) is 3.33. The molecule has 1 amide bonds. The number of thiophene rings is 1. The molecule has 21 heavy (non-hydrogen) atoms. The fourth-order valence-corrected chi connectivity index (χ4v) is 4.50. The molecule has 3 rings (SSSR count). The van der Waals surface area contributed by atoms with Crippen molar-refractivity contribution in [2.75, 3.05) is 13.6 Å². The second kappa shape index (κ2) is 6.12. The third-order valence-electron chi connectivity index (χ3n) is 4.53. The van der Waals surface area contributed by atoms with Gasteiger partial charge in [-0.15, -0.1) is 11.3 Å². The summed E-state index contributed by atoms with van der Waals surface area (Å²) >= 11 is 1.51. The molecule has 0 radical (unpaired) electrons. The Kier molecular flexibility index (Phi) is 4.22. The van der Waals surface area contributed by atoms with Crippen molar-refractivity contribution in [2.24, 2.45) is 11.7 Å². The second-order valence-corrected chi connectivity index (χ2v) is 6.73. The minimum absolute atomic E-state index is 0.00829. The van der Waals surface area contributed by atoms with E-state index >= 15 is 0 Å². The van der Waals surface area contributed by atoms with Crippen molar-refractivity contribution in [2.45, 2.75) is 31.6 Å². The van der Waals surface area contributed by atoms with Gasteiger partial charge in [0, 0.05) is 18.6 Å². The summed E-state index contributed by atoms with van der Waals surface area (Å²) in [5.41, 5.74) is 6.99. The van der Waals surface area contributed by atoms with Crippen molar-refractivity contribution in [3.8, 4) is 0 Å². The average Bonchev–Trinajstić information content (AvgIpc) is 2.93. The highest BCUT2D eigenvalue weighted by molar-refractivity contribution is 7.20. The van der Waals surface area contributed by atoms with Crippen LogP contribution >= 0.6 is 11.3 Å². The average molecular weight is 303 g/mol. The van der Waals surface area contributed by atoms with Gasteiger partial charge in [-0.1, -0.05) is 6.07 Å². The van der Waals surface area contributed by atoms with Gasteiger partial charge in [-0.3, -0.25) is 4.79 Å². The number of nitrogens with two attached hydrogens (primary N) is 1. The Morgan fingerprint density at radius 3 is 2.86 bits per heavy atom. The Morgan fingerprint density at radius 1 is 1.43 bits per heavy atom. The zero-order valence-corrected chi connectivity index (χ0v) is 13.1. The van der Waals surface area contributed by atoms with Gasteiger partial charge in [-0.05, 0) is 55.7 Å². The van der Waals surface area contributed by atoms with Crippen LogP contribution in [0.5, 0.6) is 0 Å². The van der Waals surface area contributed by atoms with Gasteiger partial charge < -0.3 is 11.1 Å².